The summed E-state index contributed by atoms with van der Waals surface area (Å²) in [7, 11) is 0. The number of rotatable bonds is 6. The smallest absolute Gasteiger partial charge is 0.269 e. The van der Waals surface area contributed by atoms with E-state index in [-0.39, 0.29) is 23.4 Å². The molecular formula is C13H15N5O3S. The number of thioether (sulfide) groups is 1. The zero-order valence-corrected chi connectivity index (χ0v) is 12.9. The monoisotopic (exact) mass is 321 g/mol. The van der Waals surface area contributed by atoms with Gasteiger partial charge in [0.2, 0.25) is 5.91 Å². The van der Waals surface area contributed by atoms with E-state index in [0.717, 1.165) is 4.90 Å². The summed E-state index contributed by atoms with van der Waals surface area (Å²) in [4.78, 5) is 27.0. The van der Waals surface area contributed by atoms with Crippen molar-refractivity contribution in [1.29, 1.82) is 0 Å². The molecule has 22 heavy (non-hydrogen) atoms. The molecule has 1 aromatic carbocycles. The minimum absolute atomic E-state index is 0.0291. The third kappa shape index (κ3) is 4.29. The molecule has 0 unspecified atom stereocenters. The second-order valence-corrected chi connectivity index (χ2v) is 5.98. The second-order valence-electron chi connectivity index (χ2n) is 4.57. The van der Waals surface area contributed by atoms with Gasteiger partial charge in [-0.25, -0.2) is 4.98 Å². The van der Waals surface area contributed by atoms with Crippen LogP contribution in [0.25, 0.3) is 0 Å². The number of benzene rings is 1. The molecule has 2 rings (SSSR count). The van der Waals surface area contributed by atoms with Gasteiger partial charge in [-0.1, -0.05) is 0 Å². The highest BCUT2D eigenvalue weighted by Gasteiger charge is 2.15. The summed E-state index contributed by atoms with van der Waals surface area (Å²) < 4.78 is 0. The summed E-state index contributed by atoms with van der Waals surface area (Å²) in [6.07, 6.45) is 0. The fraction of sp³-hybridized carbons (Fsp3) is 0.308. The molecular weight excluding hydrogens is 306 g/mol. The molecule has 0 saturated carbocycles. The molecule has 0 bridgehead atoms. The molecule has 0 radical (unpaired) electrons. The molecule has 0 aliphatic carbocycles. The maximum absolute atomic E-state index is 12.0. The standard InChI is InChI=1S/C13H15N5O3S/c1-8(13(19)14-7-12-15-9(2)16-17-12)22-11-5-3-10(4-6-11)18(20)21/h3-6,8H,7H2,1-2H3,(H,14,19)(H,15,16,17)/t8-/m0/s1. The van der Waals surface area contributed by atoms with E-state index in [0.29, 0.717) is 11.6 Å². The van der Waals surface area contributed by atoms with Gasteiger partial charge >= 0.3 is 0 Å². The van der Waals surface area contributed by atoms with Crippen molar-refractivity contribution in [2.24, 2.45) is 0 Å². The van der Waals surface area contributed by atoms with E-state index in [4.69, 9.17) is 0 Å². The average molecular weight is 321 g/mol. The minimum atomic E-state index is -0.455. The van der Waals surface area contributed by atoms with E-state index in [1.54, 1.807) is 26.0 Å². The van der Waals surface area contributed by atoms with Gasteiger partial charge in [0, 0.05) is 17.0 Å². The molecule has 1 amide bonds. The fourth-order valence-electron chi connectivity index (χ4n) is 1.68. The van der Waals surface area contributed by atoms with Crippen LogP contribution in [0, 0.1) is 17.0 Å². The van der Waals surface area contributed by atoms with Crippen LogP contribution in [0.15, 0.2) is 29.2 Å². The van der Waals surface area contributed by atoms with Crippen LogP contribution in [0.4, 0.5) is 5.69 Å². The Hall–Kier alpha value is -2.42. The Kier molecular flexibility index (Phi) is 5.10. The first-order valence-electron chi connectivity index (χ1n) is 6.52. The molecule has 2 N–H and O–H groups in total. The number of carbonyl (C=O) groups excluding carboxylic acids is 1. The number of nitrogens with zero attached hydrogens (tertiary/aromatic N) is 3. The van der Waals surface area contributed by atoms with Crippen molar-refractivity contribution in [3.63, 3.8) is 0 Å². The lowest BCUT2D eigenvalue weighted by atomic mass is 10.3. The first-order chi connectivity index (χ1) is 10.5. The lowest BCUT2D eigenvalue weighted by Gasteiger charge is -2.10. The lowest BCUT2D eigenvalue weighted by molar-refractivity contribution is -0.384. The summed E-state index contributed by atoms with van der Waals surface area (Å²) in [6, 6.07) is 6.10. The number of carbonyl (C=O) groups is 1. The highest BCUT2D eigenvalue weighted by Crippen LogP contribution is 2.25. The Balaban J connectivity index is 1.86. The van der Waals surface area contributed by atoms with E-state index in [1.807, 2.05) is 0 Å². The summed E-state index contributed by atoms with van der Waals surface area (Å²) in [5, 5.41) is 19.6. The Morgan fingerprint density at radius 1 is 1.45 bits per heavy atom. The summed E-state index contributed by atoms with van der Waals surface area (Å²) in [6.45, 7) is 3.81. The van der Waals surface area contributed by atoms with Crippen LogP contribution in [-0.2, 0) is 11.3 Å². The number of hydrogen-bond donors (Lipinski definition) is 2. The van der Waals surface area contributed by atoms with Crippen LogP contribution >= 0.6 is 11.8 Å². The summed E-state index contributed by atoms with van der Waals surface area (Å²) in [5.41, 5.74) is 0.0291. The number of nitrogens with one attached hydrogen (secondary N) is 2. The van der Waals surface area contributed by atoms with Crippen molar-refractivity contribution in [2.45, 2.75) is 30.5 Å². The molecule has 0 fully saturated rings. The normalized spacial score (nSPS) is 11.9. The van der Waals surface area contributed by atoms with Gasteiger partial charge in [-0.15, -0.1) is 11.8 Å². The van der Waals surface area contributed by atoms with Crippen LogP contribution in [0.1, 0.15) is 18.6 Å². The fourth-order valence-corrected chi connectivity index (χ4v) is 2.57. The molecule has 1 aromatic heterocycles. The Morgan fingerprint density at radius 3 is 2.68 bits per heavy atom. The van der Waals surface area contributed by atoms with Crippen molar-refractivity contribution >= 4 is 23.4 Å². The van der Waals surface area contributed by atoms with E-state index in [2.05, 4.69) is 20.5 Å². The number of aromatic nitrogens is 3. The second kappa shape index (κ2) is 7.03. The predicted molar refractivity (Wildman–Crippen MR) is 81.4 cm³/mol. The highest BCUT2D eigenvalue weighted by molar-refractivity contribution is 8.00. The van der Waals surface area contributed by atoms with Gasteiger partial charge in [0.15, 0.2) is 5.82 Å². The Labute approximate surface area is 130 Å². The topological polar surface area (TPSA) is 114 Å². The number of hydrogen-bond acceptors (Lipinski definition) is 6. The average Bonchev–Trinajstić information content (AvgIpc) is 2.91. The number of nitro groups is 1. The van der Waals surface area contributed by atoms with Crippen molar-refractivity contribution in [2.75, 3.05) is 0 Å². The van der Waals surface area contributed by atoms with E-state index < -0.39 is 4.92 Å². The largest absolute Gasteiger partial charge is 0.348 e. The van der Waals surface area contributed by atoms with Crippen LogP contribution in [0.2, 0.25) is 0 Å². The van der Waals surface area contributed by atoms with Crippen LogP contribution in [0.5, 0.6) is 0 Å². The molecule has 0 spiro atoms. The van der Waals surface area contributed by atoms with Crippen LogP contribution in [-0.4, -0.2) is 31.3 Å². The Morgan fingerprint density at radius 2 is 2.14 bits per heavy atom. The maximum atomic E-state index is 12.0. The van der Waals surface area contributed by atoms with Gasteiger partial charge < -0.3 is 5.32 Å². The van der Waals surface area contributed by atoms with Crippen LogP contribution < -0.4 is 5.32 Å². The van der Waals surface area contributed by atoms with Gasteiger partial charge in [-0.05, 0) is 26.0 Å². The third-order valence-corrected chi connectivity index (χ3v) is 3.91. The lowest BCUT2D eigenvalue weighted by Crippen LogP contribution is -2.30. The first-order valence-corrected chi connectivity index (χ1v) is 7.40. The van der Waals surface area contributed by atoms with Crippen molar-refractivity contribution in [1.82, 2.24) is 20.5 Å². The molecule has 1 heterocycles. The molecule has 2 aromatic rings. The zero-order valence-electron chi connectivity index (χ0n) is 12.1. The van der Waals surface area contributed by atoms with Gasteiger partial charge in [-0.3, -0.25) is 20.0 Å². The SMILES string of the molecule is Cc1nc(CNC(=O)[C@H](C)Sc2ccc([N+](=O)[O-])cc2)n[nH]1. The number of non-ortho nitro benzene ring substituents is 1. The molecule has 116 valence electrons. The van der Waals surface area contributed by atoms with E-state index in [9.17, 15) is 14.9 Å². The molecule has 0 saturated heterocycles. The number of aromatic amines is 1. The zero-order chi connectivity index (χ0) is 16.1. The maximum Gasteiger partial charge on any atom is 0.269 e. The summed E-state index contributed by atoms with van der Waals surface area (Å²) in [5.74, 6) is 1.07. The quantitative estimate of drug-likeness (QED) is 0.476. The van der Waals surface area contributed by atoms with Crippen molar-refractivity contribution in [3.05, 3.63) is 46.0 Å². The van der Waals surface area contributed by atoms with Gasteiger partial charge in [0.05, 0.1) is 16.7 Å². The molecule has 9 heteroatoms. The molecule has 0 aliphatic rings. The molecule has 1 atom stereocenters. The van der Waals surface area contributed by atoms with Crippen LogP contribution in [0.3, 0.4) is 0 Å². The van der Waals surface area contributed by atoms with Gasteiger partial charge in [0.25, 0.3) is 5.69 Å². The number of aryl methyl sites for hydroxylation is 1. The number of H-pyrrole nitrogens is 1. The highest BCUT2D eigenvalue weighted by atomic mass is 32.2. The first kappa shape index (κ1) is 16.0. The number of nitro benzene ring substituents is 1. The summed E-state index contributed by atoms with van der Waals surface area (Å²) >= 11 is 1.33. The minimum Gasteiger partial charge on any atom is -0.348 e. The van der Waals surface area contributed by atoms with E-state index in [1.165, 1.54) is 23.9 Å². The molecule has 8 nitrogen and oxygen atoms in total. The third-order valence-electron chi connectivity index (χ3n) is 2.79. The van der Waals surface area contributed by atoms with Crippen molar-refractivity contribution in [3.8, 4) is 0 Å². The van der Waals surface area contributed by atoms with Gasteiger partial charge in [0.1, 0.15) is 5.82 Å². The Bertz CT molecular complexity index is 671. The van der Waals surface area contributed by atoms with E-state index >= 15 is 0 Å². The van der Waals surface area contributed by atoms with Crippen molar-refractivity contribution < 1.29 is 9.72 Å². The van der Waals surface area contributed by atoms with Gasteiger partial charge in [-0.2, -0.15) is 5.10 Å². The number of amides is 1. The predicted octanol–water partition coefficient (Wildman–Crippen LogP) is 1.82. The molecule has 0 aliphatic heterocycles.